The largest absolute Gasteiger partial charge is 0.296 e. The molecule has 0 radical (unpaired) electrons. The van der Waals surface area contributed by atoms with Crippen molar-refractivity contribution in [1.29, 1.82) is 0 Å². The summed E-state index contributed by atoms with van der Waals surface area (Å²) in [5.74, 6) is 7.33. The lowest BCUT2D eigenvalue weighted by Crippen LogP contribution is -2.26. The monoisotopic (exact) mass is 373 g/mol. The fourth-order valence-corrected chi connectivity index (χ4v) is 2.89. The summed E-state index contributed by atoms with van der Waals surface area (Å²) in [5, 5.41) is 1.54. The summed E-state index contributed by atoms with van der Waals surface area (Å²) >= 11 is 2.26. The number of rotatable bonds is 5. The Bertz CT molecular complexity index is 563. The summed E-state index contributed by atoms with van der Waals surface area (Å²) in [6, 6.07) is 0. The standard InChI is InChI=1S/C13H20IN5/c1-4-9(2)5-6-10-7-19(14)12-11(10)16-8-17-13(12)18(3)15/h7-9H,4-6,15H2,1-3H3/t9-/m0/s1. The maximum absolute atomic E-state index is 5.83. The molecule has 0 unspecified atom stereocenters. The van der Waals surface area contributed by atoms with Gasteiger partial charge in [0, 0.05) is 13.2 Å². The van der Waals surface area contributed by atoms with Crippen LogP contribution in [0.2, 0.25) is 0 Å². The molecular formula is C13H20IN5. The molecule has 104 valence electrons. The molecule has 0 aromatic carbocycles. The molecule has 2 heterocycles. The maximum Gasteiger partial charge on any atom is 0.171 e. The summed E-state index contributed by atoms with van der Waals surface area (Å²) < 4.78 is 2.04. The fraction of sp³-hybridized carbons (Fsp3) is 0.538. The van der Waals surface area contributed by atoms with Gasteiger partial charge in [0.2, 0.25) is 0 Å². The molecule has 2 rings (SSSR count). The van der Waals surface area contributed by atoms with Crippen LogP contribution in [-0.2, 0) is 6.42 Å². The van der Waals surface area contributed by atoms with Gasteiger partial charge in [-0.2, -0.15) is 0 Å². The van der Waals surface area contributed by atoms with E-state index in [2.05, 4.69) is 52.9 Å². The first-order valence-electron chi connectivity index (χ1n) is 6.54. The second-order valence-electron chi connectivity index (χ2n) is 5.02. The zero-order chi connectivity index (χ0) is 14.0. The van der Waals surface area contributed by atoms with Crippen molar-refractivity contribution in [3.05, 3.63) is 18.1 Å². The molecule has 0 amide bonds. The van der Waals surface area contributed by atoms with E-state index in [1.807, 2.05) is 2.78 Å². The lowest BCUT2D eigenvalue weighted by atomic mass is 10.00. The molecule has 2 N–H and O–H groups in total. The predicted octanol–water partition coefficient (Wildman–Crippen LogP) is 2.92. The van der Waals surface area contributed by atoms with Crippen LogP contribution in [0.4, 0.5) is 5.82 Å². The highest BCUT2D eigenvalue weighted by Crippen LogP contribution is 2.28. The van der Waals surface area contributed by atoms with Crippen LogP contribution in [0.5, 0.6) is 0 Å². The molecule has 5 nitrogen and oxygen atoms in total. The third kappa shape index (κ3) is 3.00. The highest BCUT2D eigenvalue weighted by molar-refractivity contribution is 14.1. The van der Waals surface area contributed by atoms with E-state index >= 15 is 0 Å². The van der Waals surface area contributed by atoms with Crippen LogP contribution in [-0.4, -0.2) is 19.8 Å². The normalized spacial score (nSPS) is 12.9. The minimum absolute atomic E-state index is 0.742. The Morgan fingerprint density at radius 2 is 2.21 bits per heavy atom. The second-order valence-corrected chi connectivity index (χ2v) is 6.06. The van der Waals surface area contributed by atoms with E-state index < -0.39 is 0 Å². The Hall–Kier alpha value is -0.890. The Morgan fingerprint density at radius 3 is 2.84 bits per heavy atom. The smallest absolute Gasteiger partial charge is 0.171 e. The molecule has 1 atom stereocenters. The van der Waals surface area contributed by atoms with Crippen molar-refractivity contribution in [3.8, 4) is 0 Å². The molecule has 0 aliphatic rings. The van der Waals surface area contributed by atoms with Crippen LogP contribution in [0.3, 0.4) is 0 Å². The lowest BCUT2D eigenvalue weighted by molar-refractivity contribution is 0.517. The fourth-order valence-electron chi connectivity index (χ4n) is 2.11. The Labute approximate surface area is 127 Å². The van der Waals surface area contributed by atoms with Gasteiger partial charge in [0.05, 0.1) is 28.4 Å². The van der Waals surface area contributed by atoms with Crippen LogP contribution in [0.15, 0.2) is 12.5 Å². The van der Waals surface area contributed by atoms with Crippen LogP contribution < -0.4 is 10.9 Å². The number of anilines is 1. The van der Waals surface area contributed by atoms with Crippen molar-refractivity contribution >= 4 is 39.7 Å². The van der Waals surface area contributed by atoms with Crippen LogP contribution in [0.1, 0.15) is 32.3 Å². The number of nitrogens with two attached hydrogens (primary N) is 1. The summed E-state index contributed by atoms with van der Waals surface area (Å²) in [4.78, 5) is 8.69. The van der Waals surface area contributed by atoms with Gasteiger partial charge >= 0.3 is 0 Å². The van der Waals surface area contributed by atoms with E-state index in [0.29, 0.717) is 0 Å². The van der Waals surface area contributed by atoms with Crippen molar-refractivity contribution in [1.82, 2.24) is 12.7 Å². The van der Waals surface area contributed by atoms with Crippen molar-refractivity contribution in [2.24, 2.45) is 11.8 Å². The van der Waals surface area contributed by atoms with Gasteiger partial charge in [-0.1, -0.05) is 20.3 Å². The minimum atomic E-state index is 0.742. The number of hydrogen-bond donors (Lipinski definition) is 1. The van der Waals surface area contributed by atoms with Gasteiger partial charge in [-0.3, -0.25) is 7.79 Å². The summed E-state index contributed by atoms with van der Waals surface area (Å²) in [6.45, 7) is 4.52. The second kappa shape index (κ2) is 6.04. The Balaban J connectivity index is 2.39. The van der Waals surface area contributed by atoms with Gasteiger partial charge in [-0.15, -0.1) is 0 Å². The third-order valence-electron chi connectivity index (χ3n) is 3.53. The summed E-state index contributed by atoms with van der Waals surface area (Å²) in [5.41, 5.74) is 3.28. The number of hydrogen-bond acceptors (Lipinski definition) is 4. The Kier molecular flexibility index (Phi) is 4.62. The van der Waals surface area contributed by atoms with Gasteiger partial charge in [-0.25, -0.2) is 15.8 Å². The molecule has 0 spiro atoms. The number of aryl methyl sites for hydroxylation is 1. The van der Waals surface area contributed by atoms with Crippen molar-refractivity contribution in [3.63, 3.8) is 0 Å². The Morgan fingerprint density at radius 1 is 1.47 bits per heavy atom. The first-order chi connectivity index (χ1) is 9.04. The molecule has 0 bridgehead atoms. The molecule has 2 aromatic heterocycles. The number of halogens is 1. The van der Waals surface area contributed by atoms with E-state index in [1.54, 1.807) is 13.4 Å². The number of aromatic nitrogens is 3. The van der Waals surface area contributed by atoms with E-state index in [4.69, 9.17) is 5.84 Å². The summed E-state index contributed by atoms with van der Waals surface area (Å²) in [6.07, 6.45) is 7.17. The van der Waals surface area contributed by atoms with Gasteiger partial charge in [0.1, 0.15) is 11.8 Å². The van der Waals surface area contributed by atoms with Gasteiger partial charge in [0.15, 0.2) is 5.82 Å². The van der Waals surface area contributed by atoms with Crippen molar-refractivity contribution in [2.75, 3.05) is 12.1 Å². The maximum atomic E-state index is 5.83. The zero-order valence-corrected chi connectivity index (χ0v) is 13.8. The van der Waals surface area contributed by atoms with Crippen LogP contribution >= 0.6 is 22.9 Å². The first kappa shape index (κ1) is 14.5. The zero-order valence-electron chi connectivity index (χ0n) is 11.6. The van der Waals surface area contributed by atoms with Crippen LogP contribution in [0.25, 0.3) is 11.0 Å². The van der Waals surface area contributed by atoms with Gasteiger partial charge in [0.25, 0.3) is 0 Å². The van der Waals surface area contributed by atoms with Crippen molar-refractivity contribution in [2.45, 2.75) is 33.1 Å². The third-order valence-corrected chi connectivity index (χ3v) is 4.29. The SMILES string of the molecule is CC[C@H](C)CCc1cn(I)c2c(N(C)N)ncnc12. The number of nitrogens with zero attached hydrogens (tertiary/aromatic N) is 4. The molecule has 0 fully saturated rings. The highest BCUT2D eigenvalue weighted by Gasteiger charge is 2.15. The average molecular weight is 373 g/mol. The quantitative estimate of drug-likeness (QED) is 0.498. The average Bonchev–Trinajstić information content (AvgIpc) is 2.73. The molecule has 6 heteroatoms. The topological polar surface area (TPSA) is 60.0 Å². The van der Waals surface area contributed by atoms with E-state index in [0.717, 1.165) is 29.2 Å². The van der Waals surface area contributed by atoms with Crippen molar-refractivity contribution < 1.29 is 0 Å². The molecule has 19 heavy (non-hydrogen) atoms. The van der Waals surface area contributed by atoms with E-state index in [9.17, 15) is 0 Å². The first-order valence-corrected chi connectivity index (χ1v) is 7.50. The lowest BCUT2D eigenvalue weighted by Gasteiger charge is -2.12. The number of fused-ring (bicyclic) bond motifs is 1. The molecular weight excluding hydrogens is 353 g/mol. The molecule has 0 aliphatic carbocycles. The van der Waals surface area contributed by atoms with E-state index in [-0.39, 0.29) is 0 Å². The predicted molar refractivity (Wildman–Crippen MR) is 87.3 cm³/mol. The molecule has 0 saturated carbocycles. The van der Waals surface area contributed by atoms with E-state index in [1.165, 1.54) is 23.4 Å². The minimum Gasteiger partial charge on any atom is -0.296 e. The van der Waals surface area contributed by atoms with Gasteiger partial charge < -0.3 is 0 Å². The molecule has 0 aliphatic heterocycles. The highest BCUT2D eigenvalue weighted by atomic mass is 127. The summed E-state index contributed by atoms with van der Waals surface area (Å²) in [7, 11) is 1.80. The number of hydrazine groups is 1. The van der Waals surface area contributed by atoms with Gasteiger partial charge in [-0.05, 0) is 24.3 Å². The molecule has 0 saturated heterocycles. The molecule has 2 aromatic rings. The van der Waals surface area contributed by atoms with Crippen LogP contribution in [0, 0.1) is 5.92 Å².